The molecule has 3 aliphatic rings. The molecular formula is C24H23FN4O5. The average molecular weight is 466 g/mol. The molecule has 0 aliphatic carbocycles. The predicted octanol–water partition coefficient (Wildman–Crippen LogP) is 0.729. The summed E-state index contributed by atoms with van der Waals surface area (Å²) in [5, 5.41) is 16.0. The Hall–Kier alpha value is -3.79. The summed E-state index contributed by atoms with van der Waals surface area (Å²) >= 11 is 0. The molecule has 0 bridgehead atoms. The van der Waals surface area contributed by atoms with Crippen LogP contribution in [0.4, 0.5) is 10.1 Å². The van der Waals surface area contributed by atoms with E-state index in [4.69, 9.17) is 0 Å². The van der Waals surface area contributed by atoms with E-state index in [-0.39, 0.29) is 56.7 Å². The van der Waals surface area contributed by atoms with Gasteiger partial charge in [0.05, 0.1) is 19.6 Å². The van der Waals surface area contributed by atoms with Gasteiger partial charge < -0.3 is 20.2 Å². The van der Waals surface area contributed by atoms with Gasteiger partial charge in [-0.15, -0.1) is 0 Å². The van der Waals surface area contributed by atoms with E-state index in [9.17, 15) is 28.7 Å². The van der Waals surface area contributed by atoms with E-state index in [2.05, 4.69) is 10.6 Å². The molecule has 5 rings (SSSR count). The number of hydrogen-bond donors (Lipinski definition) is 3. The van der Waals surface area contributed by atoms with Crippen molar-refractivity contribution in [2.75, 3.05) is 25.0 Å². The van der Waals surface area contributed by atoms with Gasteiger partial charge in [0, 0.05) is 29.8 Å². The Balaban J connectivity index is 1.22. The molecule has 0 aromatic heterocycles. The number of aliphatic hydroxyl groups is 1. The standard InChI is InChI=1S/C24H23FN4O5/c25-15-6-4-14(5-7-15)24(34)12-28(13-24)21(31)10-26-18-3-1-2-16-17(18)11-29(23(16)33)19-8-9-20(30)27-22(19)32/h1-7,19,26,34H,8-13H2,(H,27,30,32). The number of fused-ring (bicyclic) bond motifs is 1. The second-order valence-electron chi connectivity index (χ2n) is 8.87. The molecule has 1 atom stereocenters. The zero-order valence-electron chi connectivity index (χ0n) is 18.2. The van der Waals surface area contributed by atoms with Gasteiger partial charge in [0.25, 0.3) is 5.91 Å². The monoisotopic (exact) mass is 466 g/mol. The molecular weight excluding hydrogens is 443 g/mol. The summed E-state index contributed by atoms with van der Waals surface area (Å²) in [6, 6.07) is 9.99. The highest BCUT2D eigenvalue weighted by molar-refractivity contribution is 6.06. The average Bonchev–Trinajstić information content (AvgIpc) is 3.12. The van der Waals surface area contributed by atoms with Crippen molar-refractivity contribution in [1.82, 2.24) is 15.1 Å². The van der Waals surface area contributed by atoms with Crippen LogP contribution in [0.3, 0.4) is 0 Å². The number of nitrogens with one attached hydrogen (secondary N) is 2. The summed E-state index contributed by atoms with van der Waals surface area (Å²) in [5.41, 5.74) is 1.11. The Morgan fingerprint density at radius 2 is 1.88 bits per heavy atom. The lowest BCUT2D eigenvalue weighted by molar-refractivity contribution is -0.155. The Morgan fingerprint density at radius 1 is 1.15 bits per heavy atom. The molecule has 3 aliphatic heterocycles. The van der Waals surface area contributed by atoms with Crippen molar-refractivity contribution in [3.63, 3.8) is 0 Å². The Bertz CT molecular complexity index is 1190. The van der Waals surface area contributed by atoms with Crippen LogP contribution >= 0.6 is 0 Å². The second-order valence-corrected chi connectivity index (χ2v) is 8.87. The van der Waals surface area contributed by atoms with E-state index in [1.54, 1.807) is 18.2 Å². The molecule has 176 valence electrons. The number of carbonyl (C=O) groups excluding carboxylic acids is 4. The Morgan fingerprint density at radius 3 is 2.59 bits per heavy atom. The van der Waals surface area contributed by atoms with Crippen LogP contribution in [0.25, 0.3) is 0 Å². The van der Waals surface area contributed by atoms with Crippen LogP contribution in [0.5, 0.6) is 0 Å². The topological polar surface area (TPSA) is 119 Å². The normalized spacial score (nSPS) is 21.1. The smallest absolute Gasteiger partial charge is 0.255 e. The van der Waals surface area contributed by atoms with Crippen LogP contribution in [-0.4, -0.2) is 64.2 Å². The van der Waals surface area contributed by atoms with Crippen LogP contribution in [0.2, 0.25) is 0 Å². The molecule has 0 spiro atoms. The number of rotatable bonds is 5. The minimum absolute atomic E-state index is 0.0391. The minimum atomic E-state index is -1.20. The van der Waals surface area contributed by atoms with Crippen molar-refractivity contribution in [1.29, 1.82) is 0 Å². The zero-order valence-corrected chi connectivity index (χ0v) is 18.2. The maximum absolute atomic E-state index is 13.1. The van der Waals surface area contributed by atoms with Crippen molar-refractivity contribution >= 4 is 29.3 Å². The highest BCUT2D eigenvalue weighted by atomic mass is 19.1. The SMILES string of the molecule is O=C1CCC(N2Cc3c(NCC(=O)N4CC(O)(c5ccc(F)cc5)C4)cccc3C2=O)C(=O)N1. The molecule has 9 nitrogen and oxygen atoms in total. The lowest BCUT2D eigenvalue weighted by atomic mass is 9.86. The fourth-order valence-electron chi connectivity index (χ4n) is 4.74. The summed E-state index contributed by atoms with van der Waals surface area (Å²) in [6.45, 7) is 0.371. The third-order valence-corrected chi connectivity index (χ3v) is 6.65. The van der Waals surface area contributed by atoms with Crippen LogP contribution in [0.1, 0.15) is 34.3 Å². The summed E-state index contributed by atoms with van der Waals surface area (Å²) in [6.07, 6.45) is 0.452. The molecule has 3 N–H and O–H groups in total. The van der Waals surface area contributed by atoms with Gasteiger partial charge in [0.15, 0.2) is 0 Å². The molecule has 2 aromatic rings. The zero-order chi connectivity index (χ0) is 24.0. The first-order valence-electron chi connectivity index (χ1n) is 11.0. The van der Waals surface area contributed by atoms with Gasteiger partial charge in [-0.2, -0.15) is 0 Å². The van der Waals surface area contributed by atoms with Gasteiger partial charge in [0.1, 0.15) is 17.5 Å². The van der Waals surface area contributed by atoms with Gasteiger partial charge in [-0.3, -0.25) is 24.5 Å². The maximum atomic E-state index is 13.1. The molecule has 1 unspecified atom stereocenters. The largest absolute Gasteiger partial charge is 0.381 e. The molecule has 3 heterocycles. The number of amides is 4. The fourth-order valence-corrected chi connectivity index (χ4v) is 4.74. The first-order chi connectivity index (χ1) is 16.2. The Kier molecular flexibility index (Phi) is 5.32. The first-order valence-corrected chi connectivity index (χ1v) is 11.0. The lowest BCUT2D eigenvalue weighted by Crippen LogP contribution is -2.62. The van der Waals surface area contributed by atoms with Crippen LogP contribution in [0, 0.1) is 5.82 Å². The molecule has 10 heteroatoms. The number of nitrogens with zero attached hydrogens (tertiary/aromatic N) is 2. The summed E-state index contributed by atoms with van der Waals surface area (Å²) < 4.78 is 13.1. The summed E-state index contributed by atoms with van der Waals surface area (Å²) in [7, 11) is 0. The molecule has 34 heavy (non-hydrogen) atoms. The third-order valence-electron chi connectivity index (χ3n) is 6.65. The minimum Gasteiger partial charge on any atom is -0.381 e. The van der Waals surface area contributed by atoms with E-state index in [0.29, 0.717) is 22.4 Å². The molecule has 2 aromatic carbocycles. The molecule has 2 saturated heterocycles. The second kappa shape index (κ2) is 8.21. The van der Waals surface area contributed by atoms with Gasteiger partial charge in [0.2, 0.25) is 17.7 Å². The van der Waals surface area contributed by atoms with E-state index >= 15 is 0 Å². The first kappa shape index (κ1) is 22.0. The number of halogens is 1. The van der Waals surface area contributed by atoms with Crippen LogP contribution < -0.4 is 10.6 Å². The highest BCUT2D eigenvalue weighted by Crippen LogP contribution is 2.34. The van der Waals surface area contributed by atoms with Crippen molar-refractivity contribution in [3.05, 3.63) is 65.0 Å². The summed E-state index contributed by atoms with van der Waals surface area (Å²) in [5.74, 6) is -1.73. The number of imide groups is 1. The predicted molar refractivity (Wildman–Crippen MR) is 118 cm³/mol. The molecule has 0 radical (unpaired) electrons. The number of benzene rings is 2. The number of piperidine rings is 1. The van der Waals surface area contributed by atoms with Gasteiger partial charge in [-0.05, 0) is 36.2 Å². The lowest BCUT2D eigenvalue weighted by Gasteiger charge is -2.46. The van der Waals surface area contributed by atoms with E-state index in [0.717, 1.165) is 0 Å². The number of β-amino-alcohol motifs (C(OH)–C–C–N with tert-alkyl or cyclic N) is 1. The number of hydrogen-bond acceptors (Lipinski definition) is 6. The van der Waals surface area contributed by atoms with E-state index in [1.165, 1.54) is 34.1 Å². The van der Waals surface area contributed by atoms with Gasteiger partial charge in [-0.1, -0.05) is 18.2 Å². The van der Waals surface area contributed by atoms with Crippen molar-refractivity contribution in [2.45, 2.75) is 31.0 Å². The Labute approximate surface area is 194 Å². The number of likely N-dealkylation sites (tertiary alicyclic amines) is 1. The molecule has 4 amide bonds. The molecule has 2 fully saturated rings. The fraction of sp³-hybridized carbons (Fsp3) is 0.333. The highest BCUT2D eigenvalue weighted by Gasteiger charge is 2.45. The van der Waals surface area contributed by atoms with E-state index < -0.39 is 23.4 Å². The molecule has 0 saturated carbocycles. The van der Waals surface area contributed by atoms with E-state index in [1.807, 2.05) is 0 Å². The van der Waals surface area contributed by atoms with Crippen molar-refractivity contribution < 1.29 is 28.7 Å². The van der Waals surface area contributed by atoms with Crippen LogP contribution in [-0.2, 0) is 26.5 Å². The maximum Gasteiger partial charge on any atom is 0.255 e. The van der Waals surface area contributed by atoms with Gasteiger partial charge in [-0.25, -0.2) is 4.39 Å². The van der Waals surface area contributed by atoms with Crippen molar-refractivity contribution in [2.24, 2.45) is 0 Å². The quantitative estimate of drug-likeness (QED) is 0.559. The third kappa shape index (κ3) is 3.79. The number of anilines is 1. The summed E-state index contributed by atoms with van der Waals surface area (Å²) in [4.78, 5) is 52.2. The van der Waals surface area contributed by atoms with Crippen LogP contribution in [0.15, 0.2) is 42.5 Å². The van der Waals surface area contributed by atoms with Crippen molar-refractivity contribution in [3.8, 4) is 0 Å². The van der Waals surface area contributed by atoms with Gasteiger partial charge >= 0.3 is 0 Å². The number of carbonyl (C=O) groups is 4.